The summed E-state index contributed by atoms with van der Waals surface area (Å²) in [5, 5.41) is 5.83. The number of nitrogens with zero attached hydrogens (tertiary/aromatic N) is 4. The highest BCUT2D eigenvalue weighted by Crippen LogP contribution is 2.21. The number of likely N-dealkylation sites (tertiary alicyclic amines) is 1. The third kappa shape index (κ3) is 6.64. The summed E-state index contributed by atoms with van der Waals surface area (Å²) in [7, 11) is 1.63. The number of guanidine groups is 1. The Bertz CT molecular complexity index is 960. The first kappa shape index (κ1) is 22.9. The maximum atomic E-state index is 12.0. The highest BCUT2D eigenvalue weighted by Gasteiger charge is 2.29. The molecule has 6 N–H and O–H groups in total. The second kappa shape index (κ2) is 11.0. The molecular weight excluding hydrogens is 412 g/mol. The number of carbonyl (C=O) groups excluding carboxylic acids is 2. The second-order valence-corrected chi connectivity index (χ2v) is 7.47. The molecule has 1 aliphatic heterocycles. The topological polar surface area (TPSA) is 161 Å². The Balaban J connectivity index is 1.53. The standard InChI is InChI=1S/C21H28N8O3/c1-32-6-5-29-13-15(8-18(29)30)10-24-20-25-11-17(12-26-20)16-4-2-3-14(7-16)9-27-21(31)28-19(22)23/h2-4,7,11-12,15H,5-6,8-10,13H2,1H3,(H,24,25,26)(H5,22,23,27,28,31). The predicted molar refractivity (Wildman–Crippen MR) is 121 cm³/mol. The summed E-state index contributed by atoms with van der Waals surface area (Å²) in [5.74, 6) is 0.593. The monoisotopic (exact) mass is 440 g/mol. The van der Waals surface area contributed by atoms with E-state index in [4.69, 9.17) is 16.2 Å². The molecule has 2 heterocycles. The van der Waals surface area contributed by atoms with Crippen LogP contribution in [0, 0.1) is 5.92 Å². The third-order valence-electron chi connectivity index (χ3n) is 5.00. The molecule has 1 aromatic heterocycles. The lowest BCUT2D eigenvalue weighted by molar-refractivity contribution is -0.128. The van der Waals surface area contributed by atoms with E-state index in [1.165, 1.54) is 0 Å². The molecule has 170 valence electrons. The number of urea groups is 1. The Morgan fingerprint density at radius 3 is 2.78 bits per heavy atom. The van der Waals surface area contributed by atoms with Gasteiger partial charge in [-0.2, -0.15) is 4.99 Å². The van der Waals surface area contributed by atoms with E-state index < -0.39 is 6.03 Å². The van der Waals surface area contributed by atoms with Crippen molar-refractivity contribution in [1.29, 1.82) is 0 Å². The fourth-order valence-electron chi connectivity index (χ4n) is 3.41. The van der Waals surface area contributed by atoms with Gasteiger partial charge in [0.1, 0.15) is 0 Å². The van der Waals surface area contributed by atoms with E-state index in [1.807, 2.05) is 29.2 Å². The summed E-state index contributed by atoms with van der Waals surface area (Å²) in [6, 6.07) is 7.04. The van der Waals surface area contributed by atoms with Gasteiger partial charge in [0.2, 0.25) is 11.9 Å². The molecule has 32 heavy (non-hydrogen) atoms. The molecule has 3 amide bonds. The molecular formula is C21H28N8O3. The SMILES string of the molecule is COCCN1CC(CNc2ncc(-c3cccc(CNC(=O)N=C(N)N)c3)cn2)CC1=O. The number of anilines is 1. The van der Waals surface area contributed by atoms with Crippen molar-refractivity contribution in [1.82, 2.24) is 20.2 Å². The molecule has 2 aromatic rings. The molecule has 1 aliphatic rings. The molecule has 11 heteroatoms. The van der Waals surface area contributed by atoms with E-state index in [0.29, 0.717) is 38.6 Å². The van der Waals surface area contributed by atoms with Gasteiger partial charge < -0.3 is 31.7 Å². The number of hydrogen-bond donors (Lipinski definition) is 4. The van der Waals surface area contributed by atoms with Crippen LogP contribution in [0.3, 0.4) is 0 Å². The fraction of sp³-hybridized carbons (Fsp3) is 0.381. The molecule has 1 fully saturated rings. The molecule has 3 rings (SSSR count). The molecule has 0 bridgehead atoms. The van der Waals surface area contributed by atoms with E-state index in [1.54, 1.807) is 19.5 Å². The minimum Gasteiger partial charge on any atom is -0.383 e. The predicted octanol–water partition coefficient (Wildman–Crippen LogP) is 0.533. The lowest BCUT2D eigenvalue weighted by Crippen LogP contribution is -2.29. The van der Waals surface area contributed by atoms with Gasteiger partial charge >= 0.3 is 6.03 Å². The van der Waals surface area contributed by atoms with Crippen molar-refractivity contribution in [3.63, 3.8) is 0 Å². The maximum Gasteiger partial charge on any atom is 0.344 e. The van der Waals surface area contributed by atoms with Crippen molar-refractivity contribution in [3.05, 3.63) is 42.2 Å². The van der Waals surface area contributed by atoms with E-state index in [-0.39, 0.29) is 24.3 Å². The molecule has 1 aromatic carbocycles. The normalized spacial score (nSPS) is 15.5. The molecule has 0 saturated carbocycles. The summed E-state index contributed by atoms with van der Waals surface area (Å²) in [6.45, 7) is 2.78. The first-order valence-corrected chi connectivity index (χ1v) is 10.2. The highest BCUT2D eigenvalue weighted by atomic mass is 16.5. The summed E-state index contributed by atoms with van der Waals surface area (Å²) in [6.07, 6.45) is 3.98. The van der Waals surface area contributed by atoms with Crippen molar-refractivity contribution in [2.45, 2.75) is 13.0 Å². The van der Waals surface area contributed by atoms with Gasteiger partial charge in [-0.25, -0.2) is 14.8 Å². The second-order valence-electron chi connectivity index (χ2n) is 7.47. The Kier molecular flexibility index (Phi) is 7.92. The Labute approximate surface area is 186 Å². The average molecular weight is 441 g/mol. The molecule has 1 unspecified atom stereocenters. The zero-order chi connectivity index (χ0) is 22.9. The van der Waals surface area contributed by atoms with Gasteiger partial charge in [0.15, 0.2) is 5.96 Å². The largest absolute Gasteiger partial charge is 0.383 e. The molecule has 1 saturated heterocycles. The molecule has 11 nitrogen and oxygen atoms in total. The zero-order valence-electron chi connectivity index (χ0n) is 18.0. The lowest BCUT2D eigenvalue weighted by atomic mass is 10.1. The van der Waals surface area contributed by atoms with Crippen molar-refractivity contribution in [2.75, 3.05) is 38.7 Å². The smallest absolute Gasteiger partial charge is 0.344 e. The summed E-state index contributed by atoms with van der Waals surface area (Å²) < 4.78 is 5.05. The van der Waals surface area contributed by atoms with Crippen molar-refractivity contribution < 1.29 is 14.3 Å². The number of ether oxygens (including phenoxy) is 1. The minimum atomic E-state index is -0.597. The van der Waals surface area contributed by atoms with Crippen LogP contribution in [0.15, 0.2) is 41.7 Å². The number of aromatic nitrogens is 2. The van der Waals surface area contributed by atoms with Crippen molar-refractivity contribution in [2.24, 2.45) is 22.4 Å². The van der Waals surface area contributed by atoms with Crippen LogP contribution in [0.5, 0.6) is 0 Å². The minimum absolute atomic E-state index is 0.152. The first-order chi connectivity index (χ1) is 15.4. The highest BCUT2D eigenvalue weighted by molar-refractivity contribution is 5.90. The fourth-order valence-corrected chi connectivity index (χ4v) is 3.41. The van der Waals surface area contributed by atoms with E-state index >= 15 is 0 Å². The van der Waals surface area contributed by atoms with E-state index in [9.17, 15) is 9.59 Å². The van der Waals surface area contributed by atoms with Crippen LogP contribution in [-0.2, 0) is 16.1 Å². The van der Waals surface area contributed by atoms with Crippen LogP contribution in [0.1, 0.15) is 12.0 Å². The van der Waals surface area contributed by atoms with Gasteiger partial charge in [0, 0.05) is 63.6 Å². The summed E-state index contributed by atoms with van der Waals surface area (Å²) in [4.78, 5) is 37.6. The Morgan fingerprint density at radius 1 is 1.28 bits per heavy atom. The number of benzene rings is 1. The van der Waals surface area contributed by atoms with Crippen LogP contribution >= 0.6 is 0 Å². The van der Waals surface area contributed by atoms with Crippen LogP contribution in [0.2, 0.25) is 0 Å². The number of nitrogens with one attached hydrogen (secondary N) is 2. The van der Waals surface area contributed by atoms with Gasteiger partial charge in [-0.15, -0.1) is 0 Å². The number of hydrogen-bond acceptors (Lipinski definition) is 6. The van der Waals surface area contributed by atoms with E-state index in [2.05, 4.69) is 25.6 Å². The molecule has 1 atom stereocenters. The van der Waals surface area contributed by atoms with E-state index in [0.717, 1.165) is 16.7 Å². The van der Waals surface area contributed by atoms with Crippen molar-refractivity contribution >= 4 is 23.8 Å². The number of nitrogens with two attached hydrogens (primary N) is 2. The Hall–Kier alpha value is -3.73. The number of amides is 3. The van der Waals surface area contributed by atoms with Crippen LogP contribution in [-0.4, -0.2) is 66.1 Å². The maximum absolute atomic E-state index is 12.0. The Morgan fingerprint density at radius 2 is 2.06 bits per heavy atom. The first-order valence-electron chi connectivity index (χ1n) is 10.2. The van der Waals surface area contributed by atoms with Crippen LogP contribution in [0.4, 0.5) is 10.7 Å². The number of methoxy groups -OCH3 is 1. The van der Waals surface area contributed by atoms with Gasteiger partial charge in [-0.05, 0) is 17.2 Å². The average Bonchev–Trinajstić information content (AvgIpc) is 3.14. The zero-order valence-corrected chi connectivity index (χ0v) is 18.0. The third-order valence-corrected chi connectivity index (χ3v) is 5.00. The molecule has 0 spiro atoms. The van der Waals surface area contributed by atoms with Gasteiger partial charge in [0.05, 0.1) is 6.61 Å². The van der Waals surface area contributed by atoms with Gasteiger partial charge in [-0.3, -0.25) is 4.79 Å². The lowest BCUT2D eigenvalue weighted by Gasteiger charge is -2.16. The van der Waals surface area contributed by atoms with Gasteiger partial charge in [-0.1, -0.05) is 18.2 Å². The molecule has 0 radical (unpaired) electrons. The van der Waals surface area contributed by atoms with Crippen LogP contribution in [0.25, 0.3) is 11.1 Å². The molecule has 0 aliphatic carbocycles. The number of aliphatic imine (C=N–C) groups is 1. The summed E-state index contributed by atoms with van der Waals surface area (Å²) in [5.41, 5.74) is 13.0. The van der Waals surface area contributed by atoms with Crippen LogP contribution < -0.4 is 22.1 Å². The van der Waals surface area contributed by atoms with Gasteiger partial charge in [0.25, 0.3) is 0 Å². The number of rotatable bonds is 9. The quantitative estimate of drug-likeness (QED) is 0.324. The number of carbonyl (C=O) groups is 2. The summed E-state index contributed by atoms with van der Waals surface area (Å²) >= 11 is 0. The van der Waals surface area contributed by atoms with Crippen molar-refractivity contribution in [3.8, 4) is 11.1 Å².